The van der Waals surface area contributed by atoms with E-state index >= 15 is 0 Å². The summed E-state index contributed by atoms with van der Waals surface area (Å²) in [6.07, 6.45) is 0. The van der Waals surface area contributed by atoms with E-state index < -0.39 is 0 Å². The van der Waals surface area contributed by atoms with Gasteiger partial charge in [0.05, 0.1) is 32.3 Å². The van der Waals surface area contributed by atoms with Crippen molar-refractivity contribution < 1.29 is 14.3 Å². The van der Waals surface area contributed by atoms with Gasteiger partial charge in [-0.05, 0) is 20.0 Å². The summed E-state index contributed by atoms with van der Waals surface area (Å²) in [5, 5.41) is 6.16. The van der Waals surface area contributed by atoms with Crippen LogP contribution in [-0.4, -0.2) is 39.3 Å². The van der Waals surface area contributed by atoms with Crippen LogP contribution in [0.2, 0.25) is 0 Å². The first-order valence-electron chi connectivity index (χ1n) is 6.85. The Balaban J connectivity index is 2.03. The lowest BCUT2D eigenvalue weighted by atomic mass is 10.0. The highest BCUT2D eigenvalue weighted by atomic mass is 16.5. The SMILES string of the molecule is CNC1COCC1C(=O)N[C@H](C)c1ccccc1OC. The normalized spacial score (nSPS) is 23.4. The van der Waals surface area contributed by atoms with E-state index in [0.29, 0.717) is 13.2 Å². The van der Waals surface area contributed by atoms with Crippen molar-refractivity contribution in [2.45, 2.75) is 19.0 Å². The van der Waals surface area contributed by atoms with Crippen LogP contribution in [0.1, 0.15) is 18.5 Å². The number of carbonyl (C=O) groups excluding carboxylic acids is 1. The van der Waals surface area contributed by atoms with Crippen molar-refractivity contribution in [1.82, 2.24) is 10.6 Å². The van der Waals surface area contributed by atoms with Gasteiger partial charge in [-0.3, -0.25) is 4.79 Å². The number of likely N-dealkylation sites (N-methyl/N-ethyl adjacent to an activating group) is 1. The van der Waals surface area contributed by atoms with Crippen LogP contribution in [-0.2, 0) is 9.53 Å². The van der Waals surface area contributed by atoms with Gasteiger partial charge in [-0.2, -0.15) is 0 Å². The first kappa shape index (κ1) is 14.8. The molecule has 1 saturated heterocycles. The molecule has 0 aromatic heterocycles. The first-order valence-corrected chi connectivity index (χ1v) is 6.85. The van der Waals surface area contributed by atoms with Crippen LogP contribution in [0.3, 0.4) is 0 Å². The number of nitrogens with one attached hydrogen (secondary N) is 2. The average Bonchev–Trinajstić information content (AvgIpc) is 2.95. The molecule has 0 aliphatic carbocycles. The molecule has 3 atom stereocenters. The standard InChI is InChI=1S/C15H22N2O3/c1-10(11-6-4-5-7-14(11)19-3)17-15(18)12-8-20-9-13(12)16-2/h4-7,10,12-13,16H,8-9H2,1-3H3,(H,17,18)/t10-,12?,13?/m1/s1. The van der Waals surface area contributed by atoms with E-state index in [1.165, 1.54) is 0 Å². The number of benzene rings is 1. The first-order chi connectivity index (χ1) is 9.67. The smallest absolute Gasteiger partial charge is 0.227 e. The zero-order chi connectivity index (χ0) is 14.5. The monoisotopic (exact) mass is 278 g/mol. The second-order valence-corrected chi connectivity index (χ2v) is 5.01. The Morgan fingerprint density at radius 1 is 1.40 bits per heavy atom. The van der Waals surface area contributed by atoms with Crippen LogP contribution in [0.25, 0.3) is 0 Å². The maximum atomic E-state index is 12.3. The predicted molar refractivity (Wildman–Crippen MR) is 76.7 cm³/mol. The van der Waals surface area contributed by atoms with Crippen molar-refractivity contribution in [2.24, 2.45) is 5.92 Å². The molecule has 2 rings (SSSR count). The van der Waals surface area contributed by atoms with Gasteiger partial charge in [0.15, 0.2) is 0 Å². The van der Waals surface area contributed by atoms with Crippen LogP contribution in [0.15, 0.2) is 24.3 Å². The van der Waals surface area contributed by atoms with Gasteiger partial charge in [-0.15, -0.1) is 0 Å². The fourth-order valence-electron chi connectivity index (χ4n) is 2.52. The summed E-state index contributed by atoms with van der Waals surface area (Å²) in [4.78, 5) is 12.3. The van der Waals surface area contributed by atoms with Crippen LogP contribution in [0.4, 0.5) is 0 Å². The van der Waals surface area contributed by atoms with Crippen molar-refractivity contribution in [1.29, 1.82) is 0 Å². The van der Waals surface area contributed by atoms with E-state index in [9.17, 15) is 4.79 Å². The van der Waals surface area contributed by atoms with E-state index in [0.717, 1.165) is 11.3 Å². The Morgan fingerprint density at radius 3 is 2.85 bits per heavy atom. The number of para-hydroxylation sites is 1. The van der Waals surface area contributed by atoms with Crippen molar-refractivity contribution in [3.63, 3.8) is 0 Å². The molecule has 5 nitrogen and oxygen atoms in total. The third kappa shape index (κ3) is 3.11. The molecule has 0 saturated carbocycles. The highest BCUT2D eigenvalue weighted by Crippen LogP contribution is 2.25. The Labute approximate surface area is 119 Å². The number of carbonyl (C=O) groups is 1. The van der Waals surface area contributed by atoms with Gasteiger partial charge in [-0.1, -0.05) is 18.2 Å². The molecule has 5 heteroatoms. The minimum atomic E-state index is -0.142. The van der Waals surface area contributed by atoms with E-state index in [-0.39, 0.29) is 23.9 Å². The van der Waals surface area contributed by atoms with E-state index in [1.54, 1.807) is 7.11 Å². The van der Waals surface area contributed by atoms with Crippen molar-refractivity contribution >= 4 is 5.91 Å². The number of amides is 1. The minimum absolute atomic E-state index is 0.0141. The molecular formula is C15H22N2O3. The van der Waals surface area contributed by atoms with Gasteiger partial charge in [0.25, 0.3) is 0 Å². The van der Waals surface area contributed by atoms with Crippen molar-refractivity contribution in [2.75, 3.05) is 27.4 Å². The van der Waals surface area contributed by atoms with Gasteiger partial charge in [-0.25, -0.2) is 0 Å². The highest BCUT2D eigenvalue weighted by Gasteiger charge is 2.33. The molecule has 1 aliphatic rings. The molecule has 1 heterocycles. The Kier molecular flexibility index (Phi) is 4.98. The van der Waals surface area contributed by atoms with Crippen LogP contribution < -0.4 is 15.4 Å². The maximum Gasteiger partial charge on any atom is 0.227 e. The van der Waals surface area contributed by atoms with E-state index in [2.05, 4.69) is 10.6 Å². The van der Waals surface area contributed by atoms with Crippen LogP contribution in [0, 0.1) is 5.92 Å². The molecule has 1 aromatic rings. The molecule has 2 N–H and O–H groups in total. The molecule has 1 fully saturated rings. The zero-order valence-corrected chi connectivity index (χ0v) is 12.2. The number of hydrogen-bond acceptors (Lipinski definition) is 4. The number of hydrogen-bond donors (Lipinski definition) is 2. The second kappa shape index (κ2) is 6.72. The van der Waals surface area contributed by atoms with Crippen molar-refractivity contribution in [3.8, 4) is 5.75 Å². The summed E-state index contributed by atoms with van der Waals surface area (Å²) in [6.45, 7) is 3.01. The van der Waals surface area contributed by atoms with Crippen molar-refractivity contribution in [3.05, 3.63) is 29.8 Å². The fraction of sp³-hybridized carbons (Fsp3) is 0.533. The lowest BCUT2D eigenvalue weighted by Gasteiger charge is -2.21. The molecule has 1 amide bonds. The molecule has 20 heavy (non-hydrogen) atoms. The number of rotatable bonds is 5. The Bertz CT molecular complexity index is 464. The third-order valence-electron chi connectivity index (χ3n) is 3.75. The summed E-state index contributed by atoms with van der Waals surface area (Å²) < 4.78 is 10.7. The topological polar surface area (TPSA) is 59.6 Å². The predicted octanol–water partition coefficient (Wildman–Crippen LogP) is 1.11. The van der Waals surface area contributed by atoms with Gasteiger partial charge < -0.3 is 20.1 Å². The molecule has 0 radical (unpaired) electrons. The fourth-order valence-corrected chi connectivity index (χ4v) is 2.52. The lowest BCUT2D eigenvalue weighted by Crippen LogP contribution is -2.43. The summed E-state index contributed by atoms with van der Waals surface area (Å²) in [5.41, 5.74) is 0.975. The molecule has 0 bridgehead atoms. The van der Waals surface area contributed by atoms with Gasteiger partial charge in [0.1, 0.15) is 5.75 Å². The van der Waals surface area contributed by atoms with E-state index in [4.69, 9.17) is 9.47 Å². The van der Waals surface area contributed by atoms with Gasteiger partial charge in [0, 0.05) is 11.6 Å². The number of ether oxygens (including phenoxy) is 2. The molecular weight excluding hydrogens is 256 g/mol. The third-order valence-corrected chi connectivity index (χ3v) is 3.75. The summed E-state index contributed by atoms with van der Waals surface area (Å²) in [5.74, 6) is 0.658. The quantitative estimate of drug-likeness (QED) is 0.847. The molecule has 0 spiro atoms. The maximum absolute atomic E-state index is 12.3. The van der Waals surface area contributed by atoms with E-state index in [1.807, 2.05) is 38.2 Å². The Morgan fingerprint density at radius 2 is 2.15 bits per heavy atom. The highest BCUT2D eigenvalue weighted by molar-refractivity contribution is 5.80. The van der Waals surface area contributed by atoms with Crippen LogP contribution in [0.5, 0.6) is 5.75 Å². The summed E-state index contributed by atoms with van der Waals surface area (Å²) >= 11 is 0. The summed E-state index contributed by atoms with van der Waals surface area (Å²) in [6, 6.07) is 7.70. The van der Waals surface area contributed by atoms with Crippen LogP contribution >= 0.6 is 0 Å². The number of methoxy groups -OCH3 is 1. The zero-order valence-electron chi connectivity index (χ0n) is 12.2. The lowest BCUT2D eigenvalue weighted by molar-refractivity contribution is -0.126. The Hall–Kier alpha value is -1.59. The molecule has 1 aliphatic heterocycles. The minimum Gasteiger partial charge on any atom is -0.496 e. The van der Waals surface area contributed by atoms with Gasteiger partial charge >= 0.3 is 0 Å². The van der Waals surface area contributed by atoms with Gasteiger partial charge in [0.2, 0.25) is 5.91 Å². The summed E-state index contributed by atoms with van der Waals surface area (Å²) in [7, 11) is 3.48. The second-order valence-electron chi connectivity index (χ2n) is 5.01. The largest absolute Gasteiger partial charge is 0.496 e. The molecule has 2 unspecified atom stereocenters. The molecule has 1 aromatic carbocycles. The average molecular weight is 278 g/mol. The molecule has 110 valence electrons.